The van der Waals surface area contributed by atoms with Gasteiger partial charge in [-0.1, -0.05) is 45.4 Å². The van der Waals surface area contributed by atoms with E-state index in [0.717, 1.165) is 12.8 Å². The number of aliphatic hydroxyl groups is 1. The van der Waals surface area contributed by atoms with Crippen molar-refractivity contribution in [1.29, 1.82) is 0 Å². The molecule has 2 rings (SSSR count). The van der Waals surface area contributed by atoms with E-state index < -0.39 is 0 Å². The Hall–Kier alpha value is -0.0400. The minimum atomic E-state index is -0.211. The zero-order valence-electron chi connectivity index (χ0n) is 9.52. The van der Waals surface area contributed by atoms with Crippen molar-refractivity contribution < 1.29 is 5.11 Å². The van der Waals surface area contributed by atoms with Crippen molar-refractivity contribution in [2.45, 2.75) is 76.7 Å². The maximum Gasteiger partial charge on any atom is 0.0711 e. The number of rotatable bonds is 5. The Balaban J connectivity index is 1.75. The van der Waals surface area contributed by atoms with Gasteiger partial charge in [0.25, 0.3) is 0 Å². The molecule has 2 atom stereocenters. The molecule has 82 valence electrons. The molecule has 0 aromatic heterocycles. The predicted molar refractivity (Wildman–Crippen MR) is 59.2 cm³/mol. The van der Waals surface area contributed by atoms with Gasteiger partial charge in [-0.15, -0.1) is 0 Å². The third-order valence-electron chi connectivity index (χ3n) is 4.50. The van der Waals surface area contributed by atoms with Crippen LogP contribution in [0.2, 0.25) is 0 Å². The molecule has 1 nitrogen and oxygen atoms in total. The van der Waals surface area contributed by atoms with Crippen LogP contribution in [0.25, 0.3) is 0 Å². The number of fused-ring (bicyclic) bond motifs is 1. The molecule has 0 aliphatic heterocycles. The molecule has 0 aromatic carbocycles. The van der Waals surface area contributed by atoms with Gasteiger partial charge in [0.2, 0.25) is 0 Å². The van der Waals surface area contributed by atoms with Crippen LogP contribution in [0.5, 0.6) is 0 Å². The summed E-state index contributed by atoms with van der Waals surface area (Å²) in [5.41, 5.74) is 0.177. The fraction of sp³-hybridized carbons (Fsp3) is 1.00. The molecular weight excluding hydrogens is 172 g/mol. The van der Waals surface area contributed by atoms with E-state index in [9.17, 15) is 5.11 Å². The van der Waals surface area contributed by atoms with Crippen LogP contribution in [0.4, 0.5) is 0 Å². The van der Waals surface area contributed by atoms with Gasteiger partial charge in [0.05, 0.1) is 5.60 Å². The lowest BCUT2D eigenvalue weighted by molar-refractivity contribution is 0.0577. The van der Waals surface area contributed by atoms with Crippen molar-refractivity contribution in [3.05, 3.63) is 0 Å². The van der Waals surface area contributed by atoms with Crippen LogP contribution in [0.15, 0.2) is 0 Å². The summed E-state index contributed by atoms with van der Waals surface area (Å²) in [6, 6.07) is 0. The lowest BCUT2D eigenvalue weighted by Gasteiger charge is -2.26. The second kappa shape index (κ2) is 3.84. The molecule has 2 fully saturated rings. The summed E-state index contributed by atoms with van der Waals surface area (Å²) < 4.78 is 0. The first-order chi connectivity index (χ1) is 6.72. The van der Waals surface area contributed by atoms with Gasteiger partial charge in [-0.25, -0.2) is 0 Å². The molecule has 0 heterocycles. The summed E-state index contributed by atoms with van der Waals surface area (Å²) in [4.78, 5) is 0. The fourth-order valence-corrected chi connectivity index (χ4v) is 3.41. The Kier molecular flexibility index (Phi) is 2.88. The Labute approximate surface area is 87.9 Å². The molecule has 0 bridgehead atoms. The van der Waals surface area contributed by atoms with Crippen LogP contribution in [-0.4, -0.2) is 10.7 Å². The lowest BCUT2D eigenvalue weighted by Crippen LogP contribution is -2.24. The second-order valence-corrected chi connectivity index (χ2v) is 5.51. The molecule has 2 unspecified atom stereocenters. The van der Waals surface area contributed by atoms with E-state index in [4.69, 9.17) is 0 Å². The van der Waals surface area contributed by atoms with Crippen molar-refractivity contribution in [3.8, 4) is 0 Å². The third kappa shape index (κ3) is 1.71. The predicted octanol–water partition coefficient (Wildman–Crippen LogP) is 3.65. The summed E-state index contributed by atoms with van der Waals surface area (Å²) >= 11 is 0. The Morgan fingerprint density at radius 1 is 1.07 bits per heavy atom. The van der Waals surface area contributed by atoms with Crippen molar-refractivity contribution >= 4 is 0 Å². The molecular formula is C13H24O. The van der Waals surface area contributed by atoms with E-state index in [-0.39, 0.29) is 5.60 Å². The quantitative estimate of drug-likeness (QED) is 0.665. The monoisotopic (exact) mass is 196 g/mol. The number of unbranched alkanes of at least 4 members (excludes halogenated alkanes) is 3. The average Bonchev–Trinajstić information content (AvgIpc) is 2.79. The SMILES string of the molecule is CCCCCCC12CCCCC1(O)C2. The van der Waals surface area contributed by atoms with E-state index in [1.807, 2.05) is 0 Å². The van der Waals surface area contributed by atoms with Gasteiger partial charge in [0.1, 0.15) is 0 Å². The molecule has 2 aliphatic carbocycles. The van der Waals surface area contributed by atoms with E-state index in [1.54, 1.807) is 0 Å². The minimum Gasteiger partial charge on any atom is -0.389 e. The number of hydrogen-bond acceptors (Lipinski definition) is 1. The van der Waals surface area contributed by atoms with Crippen LogP contribution in [0.3, 0.4) is 0 Å². The smallest absolute Gasteiger partial charge is 0.0711 e. The molecule has 1 heteroatoms. The van der Waals surface area contributed by atoms with E-state index in [2.05, 4.69) is 6.92 Å². The highest BCUT2D eigenvalue weighted by atomic mass is 16.3. The molecule has 2 saturated carbocycles. The highest BCUT2D eigenvalue weighted by Crippen LogP contribution is 2.66. The van der Waals surface area contributed by atoms with Crippen LogP contribution in [0.1, 0.15) is 71.1 Å². The van der Waals surface area contributed by atoms with Gasteiger partial charge in [0, 0.05) is 5.41 Å². The maximum absolute atomic E-state index is 10.3. The summed E-state index contributed by atoms with van der Waals surface area (Å²) in [5, 5.41) is 10.3. The Bertz CT molecular complexity index is 197. The molecule has 2 aliphatic rings. The normalized spacial score (nSPS) is 40.7. The third-order valence-corrected chi connectivity index (χ3v) is 4.50. The van der Waals surface area contributed by atoms with Gasteiger partial charge in [-0.2, -0.15) is 0 Å². The van der Waals surface area contributed by atoms with Crippen molar-refractivity contribution in [2.75, 3.05) is 0 Å². The molecule has 14 heavy (non-hydrogen) atoms. The molecule has 0 aromatic rings. The van der Waals surface area contributed by atoms with Crippen molar-refractivity contribution in [1.82, 2.24) is 0 Å². The zero-order valence-corrected chi connectivity index (χ0v) is 9.52. The highest BCUT2D eigenvalue weighted by Gasteiger charge is 2.65. The second-order valence-electron chi connectivity index (χ2n) is 5.51. The van der Waals surface area contributed by atoms with E-state index in [0.29, 0.717) is 5.41 Å². The first kappa shape index (κ1) is 10.5. The van der Waals surface area contributed by atoms with Crippen molar-refractivity contribution in [2.24, 2.45) is 5.41 Å². The fourth-order valence-electron chi connectivity index (χ4n) is 3.41. The Morgan fingerprint density at radius 2 is 1.86 bits per heavy atom. The van der Waals surface area contributed by atoms with Crippen LogP contribution < -0.4 is 0 Å². The standard InChI is InChI=1S/C13H24O/c1-2-3-4-5-8-12-9-6-7-10-13(12,14)11-12/h14H,2-11H2,1H3. The first-order valence-electron chi connectivity index (χ1n) is 6.45. The van der Waals surface area contributed by atoms with Gasteiger partial charge >= 0.3 is 0 Å². The average molecular weight is 196 g/mol. The van der Waals surface area contributed by atoms with Gasteiger partial charge in [-0.3, -0.25) is 0 Å². The zero-order chi connectivity index (χ0) is 10.1. The van der Waals surface area contributed by atoms with Crippen LogP contribution in [0, 0.1) is 5.41 Å². The van der Waals surface area contributed by atoms with Crippen molar-refractivity contribution in [3.63, 3.8) is 0 Å². The molecule has 0 spiro atoms. The van der Waals surface area contributed by atoms with Gasteiger partial charge in [0.15, 0.2) is 0 Å². The number of hydrogen-bond donors (Lipinski definition) is 1. The van der Waals surface area contributed by atoms with Gasteiger partial charge in [-0.05, 0) is 25.7 Å². The summed E-state index contributed by atoms with van der Waals surface area (Å²) in [6.45, 7) is 2.26. The lowest BCUT2D eigenvalue weighted by atomic mass is 9.82. The van der Waals surface area contributed by atoms with Crippen LogP contribution in [-0.2, 0) is 0 Å². The van der Waals surface area contributed by atoms with Gasteiger partial charge < -0.3 is 5.11 Å². The summed E-state index contributed by atoms with van der Waals surface area (Å²) in [6.07, 6.45) is 12.8. The molecule has 0 amide bonds. The topological polar surface area (TPSA) is 20.2 Å². The Morgan fingerprint density at radius 3 is 2.57 bits per heavy atom. The van der Waals surface area contributed by atoms with Crippen LogP contribution >= 0.6 is 0 Å². The first-order valence-corrected chi connectivity index (χ1v) is 6.45. The largest absolute Gasteiger partial charge is 0.389 e. The molecule has 0 radical (unpaired) electrons. The summed E-state index contributed by atoms with van der Waals surface area (Å²) in [7, 11) is 0. The summed E-state index contributed by atoms with van der Waals surface area (Å²) in [5.74, 6) is 0. The molecule has 0 saturated heterocycles. The van der Waals surface area contributed by atoms with E-state index in [1.165, 1.54) is 51.4 Å². The minimum absolute atomic E-state index is 0.211. The molecule has 1 N–H and O–H groups in total. The maximum atomic E-state index is 10.3. The highest BCUT2D eigenvalue weighted by molar-refractivity contribution is 5.17. The van der Waals surface area contributed by atoms with E-state index >= 15 is 0 Å².